The SMILES string of the molecule is CNC(CSC(C)C(C)C)c1cccc2ccccc12. The molecule has 2 unspecified atom stereocenters. The van der Waals surface area contributed by atoms with E-state index in [1.54, 1.807) is 0 Å². The van der Waals surface area contributed by atoms with Crippen LogP contribution in [0.25, 0.3) is 10.8 Å². The number of nitrogens with one attached hydrogen (secondary N) is 1. The van der Waals surface area contributed by atoms with Crippen LogP contribution < -0.4 is 5.32 Å². The van der Waals surface area contributed by atoms with E-state index < -0.39 is 0 Å². The molecule has 108 valence electrons. The quantitative estimate of drug-likeness (QED) is 0.813. The topological polar surface area (TPSA) is 12.0 Å². The number of fused-ring (bicyclic) bond motifs is 1. The van der Waals surface area contributed by atoms with E-state index in [0.717, 1.165) is 11.7 Å². The molecular weight excluding hydrogens is 262 g/mol. The highest BCUT2D eigenvalue weighted by molar-refractivity contribution is 7.99. The summed E-state index contributed by atoms with van der Waals surface area (Å²) in [7, 11) is 2.06. The van der Waals surface area contributed by atoms with Gasteiger partial charge in [-0.2, -0.15) is 11.8 Å². The lowest BCUT2D eigenvalue weighted by Gasteiger charge is -2.22. The Kier molecular flexibility index (Phi) is 5.50. The molecule has 2 aromatic carbocycles. The van der Waals surface area contributed by atoms with Crippen LogP contribution >= 0.6 is 11.8 Å². The summed E-state index contributed by atoms with van der Waals surface area (Å²) in [6.07, 6.45) is 0. The Morgan fingerprint density at radius 1 is 1.00 bits per heavy atom. The lowest BCUT2D eigenvalue weighted by molar-refractivity contribution is 0.631. The van der Waals surface area contributed by atoms with E-state index in [4.69, 9.17) is 0 Å². The van der Waals surface area contributed by atoms with Gasteiger partial charge in [0.25, 0.3) is 0 Å². The van der Waals surface area contributed by atoms with E-state index in [9.17, 15) is 0 Å². The summed E-state index contributed by atoms with van der Waals surface area (Å²) in [5.74, 6) is 1.84. The van der Waals surface area contributed by atoms with Crippen molar-refractivity contribution in [3.63, 3.8) is 0 Å². The van der Waals surface area contributed by atoms with Crippen molar-refractivity contribution < 1.29 is 0 Å². The molecule has 2 rings (SSSR count). The minimum Gasteiger partial charge on any atom is -0.312 e. The highest BCUT2D eigenvalue weighted by Gasteiger charge is 2.15. The molecule has 20 heavy (non-hydrogen) atoms. The maximum atomic E-state index is 3.48. The molecule has 0 aliphatic carbocycles. The van der Waals surface area contributed by atoms with Crippen LogP contribution in [0.3, 0.4) is 0 Å². The van der Waals surface area contributed by atoms with E-state index in [1.807, 2.05) is 0 Å². The molecular formula is C18H25NS. The zero-order valence-electron chi connectivity index (χ0n) is 12.9. The lowest BCUT2D eigenvalue weighted by atomic mass is 10.00. The fourth-order valence-corrected chi connectivity index (χ4v) is 3.55. The molecule has 0 aliphatic heterocycles. The molecule has 2 aromatic rings. The minimum atomic E-state index is 0.410. The van der Waals surface area contributed by atoms with Crippen molar-refractivity contribution in [2.24, 2.45) is 5.92 Å². The first-order valence-electron chi connectivity index (χ1n) is 7.40. The van der Waals surface area contributed by atoms with Crippen molar-refractivity contribution in [1.82, 2.24) is 5.32 Å². The lowest BCUT2D eigenvalue weighted by Crippen LogP contribution is -2.21. The van der Waals surface area contributed by atoms with Gasteiger partial charge in [0.15, 0.2) is 0 Å². The van der Waals surface area contributed by atoms with E-state index >= 15 is 0 Å². The van der Waals surface area contributed by atoms with Gasteiger partial charge in [-0.15, -0.1) is 0 Å². The predicted molar refractivity (Wildman–Crippen MR) is 92.5 cm³/mol. The first-order chi connectivity index (χ1) is 9.63. The number of thioether (sulfide) groups is 1. The number of rotatable bonds is 6. The molecule has 0 saturated heterocycles. The molecule has 2 heteroatoms. The summed E-state index contributed by atoms with van der Waals surface area (Å²) >= 11 is 2.06. The monoisotopic (exact) mass is 287 g/mol. The Bertz CT molecular complexity index is 545. The molecule has 1 nitrogen and oxygen atoms in total. The van der Waals surface area contributed by atoms with Crippen molar-refractivity contribution in [2.75, 3.05) is 12.8 Å². The maximum Gasteiger partial charge on any atom is 0.0415 e. The molecule has 0 aromatic heterocycles. The van der Waals surface area contributed by atoms with Crippen molar-refractivity contribution in [3.8, 4) is 0 Å². The average Bonchev–Trinajstić information content (AvgIpc) is 2.47. The molecule has 1 N–H and O–H groups in total. The predicted octanol–water partition coefficient (Wildman–Crippen LogP) is 4.88. The van der Waals surface area contributed by atoms with Crippen LogP contribution in [0, 0.1) is 5.92 Å². The molecule has 0 heterocycles. The third-order valence-electron chi connectivity index (χ3n) is 4.01. The number of hydrogen-bond donors (Lipinski definition) is 1. The normalized spacial score (nSPS) is 14.7. The van der Waals surface area contributed by atoms with Gasteiger partial charge in [0.2, 0.25) is 0 Å². The van der Waals surface area contributed by atoms with Crippen molar-refractivity contribution in [2.45, 2.75) is 32.1 Å². The van der Waals surface area contributed by atoms with Gasteiger partial charge in [-0.05, 0) is 29.3 Å². The molecule has 0 aliphatic rings. The summed E-state index contributed by atoms with van der Waals surface area (Å²) in [6.45, 7) is 6.92. The minimum absolute atomic E-state index is 0.410. The summed E-state index contributed by atoms with van der Waals surface area (Å²) in [5, 5.41) is 6.87. The Labute approximate surface area is 127 Å². The van der Waals surface area contributed by atoms with E-state index in [0.29, 0.717) is 11.3 Å². The molecule has 0 radical (unpaired) electrons. The maximum absolute atomic E-state index is 3.48. The molecule has 2 atom stereocenters. The van der Waals surface area contributed by atoms with Gasteiger partial charge in [0.05, 0.1) is 0 Å². The smallest absolute Gasteiger partial charge is 0.0415 e. The Morgan fingerprint density at radius 2 is 1.70 bits per heavy atom. The van der Waals surface area contributed by atoms with Gasteiger partial charge in [-0.1, -0.05) is 63.2 Å². The van der Waals surface area contributed by atoms with Crippen LogP contribution in [0.5, 0.6) is 0 Å². The van der Waals surface area contributed by atoms with Gasteiger partial charge in [-0.25, -0.2) is 0 Å². The van der Waals surface area contributed by atoms with Crippen molar-refractivity contribution in [1.29, 1.82) is 0 Å². The second kappa shape index (κ2) is 7.14. The molecule has 0 saturated carbocycles. The van der Waals surface area contributed by atoms with Crippen LogP contribution in [0.15, 0.2) is 42.5 Å². The summed E-state index contributed by atoms with van der Waals surface area (Å²) in [5.41, 5.74) is 1.41. The summed E-state index contributed by atoms with van der Waals surface area (Å²) < 4.78 is 0. The Morgan fingerprint density at radius 3 is 2.40 bits per heavy atom. The van der Waals surface area contributed by atoms with Crippen LogP contribution in [0.4, 0.5) is 0 Å². The van der Waals surface area contributed by atoms with Gasteiger partial charge in [-0.3, -0.25) is 0 Å². The standard InChI is InChI=1S/C18H25NS/c1-13(2)14(3)20-12-18(19-4)17-11-7-9-15-8-5-6-10-16(15)17/h5-11,13-14,18-19H,12H2,1-4H3. The molecule has 0 bridgehead atoms. The number of benzene rings is 2. The van der Waals surface area contributed by atoms with Crippen molar-refractivity contribution >= 4 is 22.5 Å². The van der Waals surface area contributed by atoms with Crippen LogP contribution in [-0.4, -0.2) is 18.1 Å². The summed E-state index contributed by atoms with van der Waals surface area (Å²) in [6, 6.07) is 15.7. The molecule has 0 spiro atoms. The van der Waals surface area contributed by atoms with E-state index in [2.05, 4.69) is 87.4 Å². The highest BCUT2D eigenvalue weighted by Crippen LogP contribution is 2.29. The van der Waals surface area contributed by atoms with Crippen LogP contribution in [-0.2, 0) is 0 Å². The number of hydrogen-bond acceptors (Lipinski definition) is 2. The van der Waals surface area contributed by atoms with Gasteiger partial charge in [0.1, 0.15) is 0 Å². The van der Waals surface area contributed by atoms with E-state index in [1.165, 1.54) is 16.3 Å². The Balaban J connectivity index is 2.21. The molecule has 0 fully saturated rings. The largest absolute Gasteiger partial charge is 0.312 e. The fourth-order valence-electron chi connectivity index (χ4n) is 2.32. The van der Waals surface area contributed by atoms with Gasteiger partial charge >= 0.3 is 0 Å². The summed E-state index contributed by atoms with van der Waals surface area (Å²) in [4.78, 5) is 0. The zero-order chi connectivity index (χ0) is 14.5. The van der Waals surface area contributed by atoms with E-state index in [-0.39, 0.29) is 0 Å². The van der Waals surface area contributed by atoms with Crippen molar-refractivity contribution in [3.05, 3.63) is 48.0 Å². The third kappa shape index (κ3) is 3.56. The van der Waals surface area contributed by atoms with Crippen LogP contribution in [0.2, 0.25) is 0 Å². The third-order valence-corrected chi connectivity index (χ3v) is 5.61. The fraction of sp³-hybridized carbons (Fsp3) is 0.444. The first kappa shape index (κ1) is 15.4. The first-order valence-corrected chi connectivity index (χ1v) is 8.45. The second-order valence-corrected chi connectivity index (χ2v) is 7.10. The Hall–Kier alpha value is -0.990. The average molecular weight is 287 g/mol. The van der Waals surface area contributed by atoms with Crippen LogP contribution in [0.1, 0.15) is 32.4 Å². The van der Waals surface area contributed by atoms with Gasteiger partial charge < -0.3 is 5.32 Å². The zero-order valence-corrected chi connectivity index (χ0v) is 13.7. The highest BCUT2D eigenvalue weighted by atomic mass is 32.2. The second-order valence-electron chi connectivity index (χ2n) is 5.69. The van der Waals surface area contributed by atoms with Gasteiger partial charge in [0, 0.05) is 17.0 Å². The molecule has 0 amide bonds.